The molecule has 0 fully saturated rings. The Balaban J connectivity index is 1.79. The Bertz CT molecular complexity index is 824. The Morgan fingerprint density at radius 1 is 1.00 bits per heavy atom. The average molecular weight is 325 g/mol. The van der Waals surface area contributed by atoms with Crippen molar-refractivity contribution in [3.63, 3.8) is 0 Å². The van der Waals surface area contributed by atoms with Crippen LogP contribution in [0, 0.1) is 0 Å². The second kappa shape index (κ2) is 6.82. The second-order valence-corrected chi connectivity index (χ2v) is 4.83. The molecule has 24 heavy (non-hydrogen) atoms. The van der Waals surface area contributed by atoms with Crippen LogP contribution in [0.2, 0.25) is 0 Å². The average Bonchev–Trinajstić information content (AvgIpc) is 3.10. The summed E-state index contributed by atoms with van der Waals surface area (Å²) in [5, 5.41) is 10.3. The fourth-order valence-electron chi connectivity index (χ4n) is 2.08. The van der Waals surface area contributed by atoms with Crippen molar-refractivity contribution in [1.29, 1.82) is 0 Å². The maximum Gasteiger partial charge on any atom is 0.322 e. The molecule has 0 radical (unpaired) electrons. The van der Waals surface area contributed by atoms with Crippen molar-refractivity contribution in [3.8, 4) is 23.0 Å². The molecule has 0 unspecified atom stereocenters. The van der Waals surface area contributed by atoms with Gasteiger partial charge < -0.3 is 13.9 Å². The van der Waals surface area contributed by atoms with Crippen molar-refractivity contribution in [2.75, 3.05) is 19.5 Å². The number of nitrogens with one attached hydrogen (secondary N) is 1. The number of methoxy groups -OCH3 is 2. The third kappa shape index (κ3) is 3.35. The zero-order chi connectivity index (χ0) is 16.9. The number of carbonyl (C=O) groups is 1. The molecule has 3 rings (SSSR count). The summed E-state index contributed by atoms with van der Waals surface area (Å²) in [6, 6.07) is 14.2. The second-order valence-electron chi connectivity index (χ2n) is 4.83. The molecule has 0 spiro atoms. The third-order valence-corrected chi connectivity index (χ3v) is 3.28. The Labute approximate surface area is 138 Å². The minimum absolute atomic E-state index is 0.0145. The van der Waals surface area contributed by atoms with Crippen molar-refractivity contribution in [3.05, 3.63) is 54.1 Å². The van der Waals surface area contributed by atoms with Crippen molar-refractivity contribution < 1.29 is 18.7 Å². The lowest BCUT2D eigenvalue weighted by molar-refractivity contribution is 0.102. The van der Waals surface area contributed by atoms with Crippen LogP contribution in [-0.4, -0.2) is 30.3 Å². The fraction of sp³-hybridized carbons (Fsp3) is 0.118. The molecule has 7 heteroatoms. The highest BCUT2D eigenvalue weighted by Gasteiger charge is 2.14. The topological polar surface area (TPSA) is 86.5 Å². The molecule has 1 amide bonds. The van der Waals surface area contributed by atoms with E-state index in [4.69, 9.17) is 13.9 Å². The van der Waals surface area contributed by atoms with Gasteiger partial charge in [0.15, 0.2) is 0 Å². The van der Waals surface area contributed by atoms with E-state index in [0.717, 1.165) is 5.56 Å². The molecule has 0 saturated carbocycles. The van der Waals surface area contributed by atoms with Crippen LogP contribution in [0.1, 0.15) is 10.4 Å². The summed E-state index contributed by atoms with van der Waals surface area (Å²) in [6.45, 7) is 0. The van der Waals surface area contributed by atoms with Crippen molar-refractivity contribution in [2.45, 2.75) is 0 Å². The van der Waals surface area contributed by atoms with Crippen molar-refractivity contribution >= 4 is 11.9 Å². The molecule has 7 nitrogen and oxygen atoms in total. The molecule has 1 aromatic heterocycles. The van der Waals surface area contributed by atoms with Gasteiger partial charge in [-0.3, -0.25) is 10.1 Å². The van der Waals surface area contributed by atoms with Gasteiger partial charge in [0, 0.05) is 17.2 Å². The summed E-state index contributed by atoms with van der Waals surface area (Å²) >= 11 is 0. The summed E-state index contributed by atoms with van der Waals surface area (Å²) in [6.07, 6.45) is 0. The van der Waals surface area contributed by atoms with E-state index in [1.807, 2.05) is 30.3 Å². The minimum atomic E-state index is -0.407. The number of benzene rings is 2. The van der Waals surface area contributed by atoms with Crippen LogP contribution in [-0.2, 0) is 0 Å². The van der Waals surface area contributed by atoms with E-state index >= 15 is 0 Å². The number of aromatic nitrogens is 2. The Kier molecular flexibility index (Phi) is 4.42. The highest BCUT2D eigenvalue weighted by atomic mass is 16.5. The van der Waals surface area contributed by atoms with Gasteiger partial charge in [-0.25, -0.2) is 0 Å². The van der Waals surface area contributed by atoms with Gasteiger partial charge in [-0.2, -0.15) is 0 Å². The third-order valence-electron chi connectivity index (χ3n) is 3.28. The molecule has 0 bridgehead atoms. The largest absolute Gasteiger partial charge is 0.497 e. The van der Waals surface area contributed by atoms with E-state index < -0.39 is 5.91 Å². The van der Waals surface area contributed by atoms with Gasteiger partial charge in [-0.1, -0.05) is 23.3 Å². The van der Waals surface area contributed by atoms with Crippen LogP contribution < -0.4 is 14.8 Å². The van der Waals surface area contributed by atoms with Gasteiger partial charge in [0.1, 0.15) is 11.5 Å². The highest BCUT2D eigenvalue weighted by Crippen LogP contribution is 2.24. The van der Waals surface area contributed by atoms with Gasteiger partial charge in [-0.15, -0.1) is 5.10 Å². The first kappa shape index (κ1) is 15.5. The van der Waals surface area contributed by atoms with Gasteiger partial charge >= 0.3 is 6.01 Å². The van der Waals surface area contributed by atoms with Gasteiger partial charge in [0.05, 0.1) is 14.2 Å². The number of ether oxygens (including phenoxy) is 2. The molecule has 1 heterocycles. The molecule has 3 aromatic rings. The first-order valence-electron chi connectivity index (χ1n) is 7.13. The summed E-state index contributed by atoms with van der Waals surface area (Å²) in [4.78, 5) is 12.3. The number of hydrogen-bond acceptors (Lipinski definition) is 6. The number of anilines is 1. The number of nitrogens with zero attached hydrogens (tertiary/aromatic N) is 2. The predicted octanol–water partition coefficient (Wildman–Crippen LogP) is 3.01. The molecule has 0 aliphatic carbocycles. The smallest absolute Gasteiger partial charge is 0.322 e. The Morgan fingerprint density at radius 2 is 1.67 bits per heavy atom. The number of carbonyl (C=O) groups excluding carboxylic acids is 1. The molecule has 122 valence electrons. The van der Waals surface area contributed by atoms with Crippen LogP contribution >= 0.6 is 0 Å². The monoisotopic (exact) mass is 325 g/mol. The number of hydrogen-bond donors (Lipinski definition) is 1. The van der Waals surface area contributed by atoms with Crippen LogP contribution in [0.15, 0.2) is 52.9 Å². The maximum absolute atomic E-state index is 12.3. The lowest BCUT2D eigenvalue weighted by Gasteiger charge is -2.07. The lowest BCUT2D eigenvalue weighted by Crippen LogP contribution is -2.12. The molecule has 0 atom stereocenters. The van der Waals surface area contributed by atoms with Crippen LogP contribution in [0.4, 0.5) is 6.01 Å². The summed E-state index contributed by atoms with van der Waals surface area (Å²) in [7, 11) is 3.03. The summed E-state index contributed by atoms with van der Waals surface area (Å²) < 4.78 is 15.8. The first-order valence-corrected chi connectivity index (χ1v) is 7.13. The van der Waals surface area contributed by atoms with E-state index in [9.17, 15) is 4.79 Å². The molecular weight excluding hydrogens is 310 g/mol. The predicted molar refractivity (Wildman–Crippen MR) is 87.2 cm³/mol. The standard InChI is InChI=1S/C17H15N3O4/c1-22-13-8-12(9-14(10-13)23-2)15(21)18-17-20-19-16(24-17)11-6-4-3-5-7-11/h3-10H,1-2H3,(H,18,20,21). The fourth-order valence-corrected chi connectivity index (χ4v) is 2.08. The summed E-state index contributed by atoms with van der Waals surface area (Å²) in [5.74, 6) is 0.939. The van der Waals surface area contributed by atoms with E-state index in [0.29, 0.717) is 23.0 Å². The number of amides is 1. The van der Waals surface area contributed by atoms with Crippen molar-refractivity contribution in [1.82, 2.24) is 10.2 Å². The molecule has 0 aliphatic rings. The van der Waals surface area contributed by atoms with Crippen molar-refractivity contribution in [2.24, 2.45) is 0 Å². The zero-order valence-electron chi connectivity index (χ0n) is 13.1. The molecule has 0 aliphatic heterocycles. The van der Waals surface area contributed by atoms with E-state index in [-0.39, 0.29) is 6.01 Å². The first-order chi connectivity index (χ1) is 11.7. The molecule has 2 aromatic carbocycles. The van der Waals surface area contributed by atoms with Gasteiger partial charge in [-0.05, 0) is 24.3 Å². The highest BCUT2D eigenvalue weighted by molar-refractivity contribution is 6.03. The number of rotatable bonds is 5. The summed E-state index contributed by atoms with van der Waals surface area (Å²) in [5.41, 5.74) is 1.12. The van der Waals surface area contributed by atoms with E-state index in [1.54, 1.807) is 18.2 Å². The maximum atomic E-state index is 12.3. The van der Waals surface area contributed by atoms with Gasteiger partial charge in [0.25, 0.3) is 5.91 Å². The molecule has 1 N–H and O–H groups in total. The zero-order valence-corrected chi connectivity index (χ0v) is 13.1. The Morgan fingerprint density at radius 3 is 2.29 bits per heavy atom. The normalized spacial score (nSPS) is 10.2. The lowest BCUT2D eigenvalue weighted by atomic mass is 10.2. The molecule has 0 saturated heterocycles. The van der Waals surface area contributed by atoms with Crippen LogP contribution in [0.3, 0.4) is 0 Å². The Hall–Kier alpha value is -3.35. The quantitative estimate of drug-likeness (QED) is 0.776. The molecular formula is C17H15N3O4. The van der Waals surface area contributed by atoms with E-state index in [2.05, 4.69) is 15.5 Å². The SMILES string of the molecule is COc1cc(OC)cc(C(=O)Nc2nnc(-c3ccccc3)o2)c1. The van der Waals surface area contributed by atoms with Gasteiger partial charge in [0.2, 0.25) is 5.89 Å². The van der Waals surface area contributed by atoms with E-state index in [1.165, 1.54) is 14.2 Å². The van der Waals surface area contributed by atoms with Crippen LogP contribution in [0.5, 0.6) is 11.5 Å². The van der Waals surface area contributed by atoms with Crippen LogP contribution in [0.25, 0.3) is 11.5 Å². The minimum Gasteiger partial charge on any atom is -0.497 e.